The summed E-state index contributed by atoms with van der Waals surface area (Å²) in [6, 6.07) is 6.67. The van der Waals surface area contributed by atoms with E-state index in [-0.39, 0.29) is 5.56 Å². The Balaban J connectivity index is 2.57. The highest BCUT2D eigenvalue weighted by atomic mass is 79.9. The van der Waals surface area contributed by atoms with E-state index in [1.165, 1.54) is 13.2 Å². The van der Waals surface area contributed by atoms with Gasteiger partial charge in [0, 0.05) is 15.6 Å². The van der Waals surface area contributed by atoms with Crippen LogP contribution in [0.1, 0.15) is 17.2 Å². The van der Waals surface area contributed by atoms with E-state index in [0.717, 1.165) is 10.5 Å². The van der Waals surface area contributed by atoms with E-state index in [1.807, 2.05) is 0 Å². The van der Waals surface area contributed by atoms with Gasteiger partial charge in [0.05, 0.1) is 13.2 Å². The fourth-order valence-corrected chi connectivity index (χ4v) is 2.51. The molecule has 0 aliphatic heterocycles. The number of hydrogen-bond donors (Lipinski definition) is 1. The van der Waals surface area contributed by atoms with Crippen LogP contribution in [0, 0.1) is 17.5 Å². The van der Waals surface area contributed by atoms with Crippen molar-refractivity contribution < 1.29 is 17.9 Å². The summed E-state index contributed by atoms with van der Waals surface area (Å²) in [6.45, 7) is 0. The summed E-state index contributed by atoms with van der Waals surface area (Å²) < 4.78 is 46.5. The first-order chi connectivity index (χ1) is 9.99. The fraction of sp³-hybridized carbons (Fsp3) is 0.200. The summed E-state index contributed by atoms with van der Waals surface area (Å²) in [5, 5.41) is 2.89. The van der Waals surface area contributed by atoms with Gasteiger partial charge in [-0.25, -0.2) is 13.2 Å². The maximum Gasteiger partial charge on any atom is 0.194 e. The highest BCUT2D eigenvalue weighted by molar-refractivity contribution is 9.10. The van der Waals surface area contributed by atoms with Crippen LogP contribution in [0.3, 0.4) is 0 Å². The van der Waals surface area contributed by atoms with Crippen LogP contribution in [-0.4, -0.2) is 14.2 Å². The van der Waals surface area contributed by atoms with Crippen molar-refractivity contribution in [1.29, 1.82) is 0 Å². The van der Waals surface area contributed by atoms with E-state index in [1.54, 1.807) is 25.2 Å². The van der Waals surface area contributed by atoms with Crippen molar-refractivity contribution in [2.24, 2.45) is 0 Å². The molecule has 0 fully saturated rings. The average molecular weight is 360 g/mol. The summed E-state index contributed by atoms with van der Waals surface area (Å²) in [6.07, 6.45) is 0. The van der Waals surface area contributed by atoms with Crippen LogP contribution >= 0.6 is 15.9 Å². The zero-order valence-corrected chi connectivity index (χ0v) is 13.0. The van der Waals surface area contributed by atoms with Gasteiger partial charge < -0.3 is 10.1 Å². The molecule has 0 amide bonds. The van der Waals surface area contributed by atoms with Crippen molar-refractivity contribution >= 4 is 15.9 Å². The normalized spacial score (nSPS) is 12.3. The zero-order valence-electron chi connectivity index (χ0n) is 11.4. The number of halogens is 4. The molecule has 1 unspecified atom stereocenters. The molecule has 2 rings (SSSR count). The van der Waals surface area contributed by atoms with Gasteiger partial charge in [0.1, 0.15) is 5.75 Å². The van der Waals surface area contributed by atoms with Crippen LogP contribution in [0.25, 0.3) is 0 Å². The number of nitrogens with one attached hydrogen (secondary N) is 1. The average Bonchev–Trinajstić information content (AvgIpc) is 2.48. The lowest BCUT2D eigenvalue weighted by Crippen LogP contribution is -2.20. The Morgan fingerprint density at radius 2 is 1.71 bits per heavy atom. The van der Waals surface area contributed by atoms with Crippen molar-refractivity contribution in [1.82, 2.24) is 5.32 Å². The van der Waals surface area contributed by atoms with Gasteiger partial charge in [-0.15, -0.1) is 0 Å². The van der Waals surface area contributed by atoms with Crippen LogP contribution in [-0.2, 0) is 0 Å². The lowest BCUT2D eigenvalue weighted by molar-refractivity contribution is 0.401. The second-order valence-corrected chi connectivity index (χ2v) is 5.29. The van der Waals surface area contributed by atoms with E-state index in [9.17, 15) is 13.2 Å². The molecule has 2 aromatic rings. The molecule has 0 saturated heterocycles. The number of methoxy groups -OCH3 is 1. The first-order valence-electron chi connectivity index (χ1n) is 6.13. The molecule has 1 atom stereocenters. The van der Waals surface area contributed by atoms with E-state index in [0.29, 0.717) is 11.3 Å². The Bertz CT molecular complexity index is 664. The van der Waals surface area contributed by atoms with Crippen molar-refractivity contribution in [2.45, 2.75) is 6.04 Å². The van der Waals surface area contributed by atoms with Gasteiger partial charge in [-0.1, -0.05) is 28.1 Å². The second kappa shape index (κ2) is 6.49. The minimum absolute atomic E-state index is 0.0111. The minimum Gasteiger partial charge on any atom is -0.496 e. The predicted molar refractivity (Wildman–Crippen MR) is 77.9 cm³/mol. The third-order valence-corrected chi connectivity index (χ3v) is 3.66. The molecule has 6 heteroatoms. The fourth-order valence-electron chi connectivity index (χ4n) is 2.17. The Labute approximate surface area is 129 Å². The smallest absolute Gasteiger partial charge is 0.194 e. The summed E-state index contributed by atoms with van der Waals surface area (Å²) in [4.78, 5) is 0. The quantitative estimate of drug-likeness (QED) is 0.826. The molecular formula is C15H13BrF3NO. The first kappa shape index (κ1) is 15.9. The third kappa shape index (κ3) is 3.06. The number of rotatable bonds is 4. The molecule has 0 aliphatic rings. The van der Waals surface area contributed by atoms with Crippen LogP contribution in [0.15, 0.2) is 34.8 Å². The molecule has 21 heavy (non-hydrogen) atoms. The molecule has 2 aromatic carbocycles. The molecule has 1 N–H and O–H groups in total. The summed E-state index contributed by atoms with van der Waals surface area (Å²) in [7, 11) is 3.09. The molecule has 0 heterocycles. The highest BCUT2D eigenvalue weighted by Crippen LogP contribution is 2.34. The summed E-state index contributed by atoms with van der Waals surface area (Å²) >= 11 is 3.32. The van der Waals surface area contributed by atoms with Gasteiger partial charge in [-0.2, -0.15) is 0 Å². The van der Waals surface area contributed by atoms with E-state index in [4.69, 9.17) is 4.74 Å². The number of benzene rings is 2. The topological polar surface area (TPSA) is 21.3 Å². The second-order valence-electron chi connectivity index (χ2n) is 4.37. The van der Waals surface area contributed by atoms with Gasteiger partial charge in [-0.3, -0.25) is 0 Å². The molecular weight excluding hydrogens is 347 g/mol. The zero-order chi connectivity index (χ0) is 15.6. The predicted octanol–water partition coefficient (Wildman–Crippen LogP) is 4.18. The van der Waals surface area contributed by atoms with E-state index < -0.39 is 23.5 Å². The summed E-state index contributed by atoms with van der Waals surface area (Å²) in [5.74, 6) is -3.40. The molecule has 0 aromatic heterocycles. The van der Waals surface area contributed by atoms with E-state index in [2.05, 4.69) is 21.2 Å². The maximum absolute atomic E-state index is 14.0. The molecule has 0 aliphatic carbocycles. The molecule has 0 radical (unpaired) electrons. The summed E-state index contributed by atoms with van der Waals surface area (Å²) in [5.41, 5.74) is 0.630. The van der Waals surface area contributed by atoms with Gasteiger partial charge in [0.15, 0.2) is 17.5 Å². The SMILES string of the molecule is CNC(c1ccc(Br)cc1OC)c1ccc(F)c(F)c1F. The molecule has 0 saturated carbocycles. The molecule has 0 spiro atoms. The van der Waals surface area contributed by atoms with E-state index >= 15 is 0 Å². The van der Waals surface area contributed by atoms with Crippen molar-refractivity contribution in [3.8, 4) is 5.75 Å². The van der Waals surface area contributed by atoms with Gasteiger partial charge in [0.2, 0.25) is 0 Å². The van der Waals surface area contributed by atoms with Crippen molar-refractivity contribution in [3.63, 3.8) is 0 Å². The maximum atomic E-state index is 14.0. The van der Waals surface area contributed by atoms with Crippen LogP contribution in [0.5, 0.6) is 5.75 Å². The van der Waals surface area contributed by atoms with Gasteiger partial charge in [-0.05, 0) is 25.2 Å². The third-order valence-electron chi connectivity index (χ3n) is 3.17. The van der Waals surface area contributed by atoms with Crippen LogP contribution < -0.4 is 10.1 Å². The molecule has 112 valence electrons. The number of hydrogen-bond acceptors (Lipinski definition) is 2. The lowest BCUT2D eigenvalue weighted by Gasteiger charge is -2.21. The largest absolute Gasteiger partial charge is 0.496 e. The lowest BCUT2D eigenvalue weighted by atomic mass is 9.97. The Morgan fingerprint density at radius 1 is 1.05 bits per heavy atom. The Kier molecular flexibility index (Phi) is 4.90. The van der Waals surface area contributed by atoms with Crippen molar-refractivity contribution in [3.05, 3.63) is 63.4 Å². The minimum atomic E-state index is -1.48. The number of ether oxygens (including phenoxy) is 1. The molecule has 0 bridgehead atoms. The van der Waals surface area contributed by atoms with Gasteiger partial charge in [0.25, 0.3) is 0 Å². The standard InChI is InChI=1S/C15H13BrF3NO/c1-20-15(9-4-3-8(16)7-12(9)21-2)10-5-6-11(17)14(19)13(10)18/h3-7,15,20H,1-2H3. The van der Waals surface area contributed by atoms with Crippen LogP contribution in [0.4, 0.5) is 13.2 Å². The van der Waals surface area contributed by atoms with Gasteiger partial charge >= 0.3 is 0 Å². The van der Waals surface area contributed by atoms with Crippen molar-refractivity contribution in [2.75, 3.05) is 14.2 Å². The van der Waals surface area contributed by atoms with Crippen LogP contribution in [0.2, 0.25) is 0 Å². The first-order valence-corrected chi connectivity index (χ1v) is 6.93. The Hall–Kier alpha value is -1.53. The Morgan fingerprint density at radius 3 is 2.33 bits per heavy atom. The molecule has 2 nitrogen and oxygen atoms in total. The monoisotopic (exact) mass is 359 g/mol. The highest BCUT2D eigenvalue weighted by Gasteiger charge is 2.23.